The molecule has 4 aromatic rings. The lowest BCUT2D eigenvalue weighted by molar-refractivity contribution is 0.0971. The van der Waals surface area contributed by atoms with Crippen LogP contribution in [-0.2, 0) is 25.9 Å². The van der Waals surface area contributed by atoms with Crippen molar-refractivity contribution in [2.45, 2.75) is 65.1 Å². The smallest absolute Gasteiger partial charge is 0.163 e. The van der Waals surface area contributed by atoms with Crippen LogP contribution < -0.4 is 9.47 Å². The Morgan fingerprint density at radius 1 is 1.03 bits per heavy atom. The number of hydrogen-bond acceptors (Lipinski definition) is 4. The van der Waals surface area contributed by atoms with E-state index in [-0.39, 0.29) is 11.9 Å². The van der Waals surface area contributed by atoms with Gasteiger partial charge in [-0.25, -0.2) is 4.98 Å². The zero-order chi connectivity index (χ0) is 25.6. The summed E-state index contributed by atoms with van der Waals surface area (Å²) in [5.41, 5.74) is 6.27. The standard InChI is InChI=1S/C32H34N2O3/c1-3-8-23-14-13-22(2)30(19-23)36-21-27-25-11-7-12-28(35)26(25)15-16-29(27)37-31(20-32-33-17-18-34-32)24-9-5-4-6-10-24/h4-6,9-10,13-19,31H,3,7-8,11-12,20-21H2,1-2H3,(H,33,34)/t31-/m0/s1. The highest BCUT2D eigenvalue weighted by atomic mass is 16.5. The highest BCUT2D eigenvalue weighted by Crippen LogP contribution is 2.36. The summed E-state index contributed by atoms with van der Waals surface area (Å²) >= 11 is 0. The van der Waals surface area contributed by atoms with Gasteiger partial charge in [0.1, 0.15) is 30.0 Å². The summed E-state index contributed by atoms with van der Waals surface area (Å²) in [7, 11) is 0. The Bertz CT molecular complexity index is 1350. The maximum absolute atomic E-state index is 12.8. The van der Waals surface area contributed by atoms with Crippen molar-refractivity contribution in [3.05, 3.63) is 112 Å². The second-order valence-electron chi connectivity index (χ2n) is 9.74. The van der Waals surface area contributed by atoms with Crippen LogP contribution >= 0.6 is 0 Å². The van der Waals surface area contributed by atoms with Crippen molar-refractivity contribution < 1.29 is 14.3 Å². The second-order valence-corrected chi connectivity index (χ2v) is 9.74. The zero-order valence-electron chi connectivity index (χ0n) is 21.6. The maximum Gasteiger partial charge on any atom is 0.163 e. The molecule has 1 atom stereocenters. The average Bonchev–Trinajstić information content (AvgIpc) is 3.43. The second kappa shape index (κ2) is 11.5. The minimum absolute atomic E-state index is 0.199. The number of carbonyl (C=O) groups is 1. The molecule has 5 heteroatoms. The third-order valence-electron chi connectivity index (χ3n) is 7.06. The summed E-state index contributed by atoms with van der Waals surface area (Å²) in [4.78, 5) is 20.4. The third-order valence-corrected chi connectivity index (χ3v) is 7.06. The van der Waals surface area contributed by atoms with Crippen molar-refractivity contribution in [1.29, 1.82) is 0 Å². The van der Waals surface area contributed by atoms with E-state index in [4.69, 9.17) is 9.47 Å². The minimum atomic E-state index is -0.238. The van der Waals surface area contributed by atoms with Gasteiger partial charge in [-0.2, -0.15) is 0 Å². The van der Waals surface area contributed by atoms with Crippen LogP contribution in [0, 0.1) is 6.92 Å². The van der Waals surface area contributed by atoms with Gasteiger partial charge < -0.3 is 14.5 Å². The average molecular weight is 495 g/mol. The summed E-state index contributed by atoms with van der Waals surface area (Å²) in [6, 6.07) is 20.5. The molecular weight excluding hydrogens is 460 g/mol. The summed E-state index contributed by atoms with van der Waals surface area (Å²) in [6.07, 6.45) is 8.35. The number of benzene rings is 3. The molecule has 1 N–H and O–H groups in total. The van der Waals surface area contributed by atoms with Crippen molar-refractivity contribution in [3.63, 3.8) is 0 Å². The minimum Gasteiger partial charge on any atom is -0.488 e. The highest BCUT2D eigenvalue weighted by Gasteiger charge is 2.25. The van der Waals surface area contributed by atoms with E-state index in [9.17, 15) is 4.79 Å². The van der Waals surface area contributed by atoms with Crippen molar-refractivity contribution in [2.24, 2.45) is 0 Å². The van der Waals surface area contributed by atoms with Gasteiger partial charge in [-0.05, 0) is 66.6 Å². The lowest BCUT2D eigenvalue weighted by atomic mass is 9.87. The van der Waals surface area contributed by atoms with Crippen LogP contribution in [0.15, 0.2) is 73.1 Å². The number of hydrogen-bond donors (Lipinski definition) is 1. The Balaban J connectivity index is 1.50. The molecule has 5 nitrogen and oxygen atoms in total. The van der Waals surface area contributed by atoms with E-state index in [0.717, 1.165) is 70.8 Å². The van der Waals surface area contributed by atoms with Gasteiger partial charge in [-0.1, -0.05) is 55.8 Å². The lowest BCUT2D eigenvalue weighted by Crippen LogP contribution is -2.18. The highest BCUT2D eigenvalue weighted by molar-refractivity contribution is 5.99. The Hall–Kier alpha value is -3.86. The number of aromatic amines is 1. The Morgan fingerprint density at radius 2 is 1.89 bits per heavy atom. The molecule has 0 amide bonds. The van der Waals surface area contributed by atoms with E-state index >= 15 is 0 Å². The third kappa shape index (κ3) is 5.77. The molecule has 0 radical (unpaired) electrons. The number of aromatic nitrogens is 2. The lowest BCUT2D eigenvalue weighted by Gasteiger charge is -2.25. The predicted octanol–water partition coefficient (Wildman–Crippen LogP) is 7.13. The molecule has 0 fully saturated rings. The first kappa shape index (κ1) is 24.8. The Kier molecular flexibility index (Phi) is 7.69. The number of H-pyrrole nitrogens is 1. The van der Waals surface area contributed by atoms with E-state index in [1.807, 2.05) is 36.5 Å². The van der Waals surface area contributed by atoms with Gasteiger partial charge >= 0.3 is 0 Å². The first-order valence-electron chi connectivity index (χ1n) is 13.2. The first-order chi connectivity index (χ1) is 18.1. The molecule has 190 valence electrons. The summed E-state index contributed by atoms with van der Waals surface area (Å²) in [5.74, 6) is 2.71. The number of nitrogens with zero attached hydrogens (tertiary/aromatic N) is 1. The van der Waals surface area contributed by atoms with Crippen LogP contribution in [0.2, 0.25) is 0 Å². The first-order valence-corrected chi connectivity index (χ1v) is 13.2. The fraction of sp³-hybridized carbons (Fsp3) is 0.312. The molecule has 0 spiro atoms. The van der Waals surface area contributed by atoms with Crippen LogP contribution in [0.3, 0.4) is 0 Å². The monoisotopic (exact) mass is 494 g/mol. The van der Waals surface area contributed by atoms with Crippen LogP contribution in [0.5, 0.6) is 11.5 Å². The number of rotatable bonds is 10. The Morgan fingerprint density at radius 3 is 2.68 bits per heavy atom. The molecule has 0 saturated carbocycles. The number of imidazole rings is 1. The van der Waals surface area contributed by atoms with Gasteiger partial charge in [-0.15, -0.1) is 0 Å². The number of fused-ring (bicyclic) bond motifs is 1. The van der Waals surface area contributed by atoms with Gasteiger partial charge in [-0.3, -0.25) is 4.79 Å². The fourth-order valence-corrected chi connectivity index (χ4v) is 5.08. The van der Waals surface area contributed by atoms with Gasteiger partial charge in [0.15, 0.2) is 5.78 Å². The topological polar surface area (TPSA) is 64.2 Å². The van der Waals surface area contributed by atoms with Crippen molar-refractivity contribution in [1.82, 2.24) is 9.97 Å². The predicted molar refractivity (Wildman–Crippen MR) is 145 cm³/mol. The molecule has 0 saturated heterocycles. The largest absolute Gasteiger partial charge is 0.488 e. The summed E-state index contributed by atoms with van der Waals surface area (Å²) in [5, 5.41) is 0. The van der Waals surface area contributed by atoms with E-state index in [1.54, 1.807) is 6.20 Å². The molecule has 0 unspecified atom stereocenters. The number of ether oxygens (including phenoxy) is 2. The SMILES string of the molecule is CCCc1ccc(C)c(OCc2c(O[C@@H](Cc3ncc[nH]3)c3ccccc3)ccc3c2CCCC3=O)c1. The molecule has 5 rings (SSSR count). The molecule has 1 aromatic heterocycles. The molecule has 0 aliphatic heterocycles. The number of ketones is 1. The van der Waals surface area contributed by atoms with Crippen LogP contribution in [0.25, 0.3) is 0 Å². The van der Waals surface area contributed by atoms with Crippen molar-refractivity contribution in [3.8, 4) is 11.5 Å². The zero-order valence-corrected chi connectivity index (χ0v) is 21.6. The van der Waals surface area contributed by atoms with Crippen molar-refractivity contribution in [2.75, 3.05) is 0 Å². The number of aryl methyl sites for hydroxylation is 2. The van der Waals surface area contributed by atoms with Gasteiger partial charge in [0.25, 0.3) is 0 Å². The van der Waals surface area contributed by atoms with Crippen LogP contribution in [0.4, 0.5) is 0 Å². The van der Waals surface area contributed by atoms with Crippen LogP contribution in [-0.4, -0.2) is 15.8 Å². The fourth-order valence-electron chi connectivity index (χ4n) is 5.08. The van der Waals surface area contributed by atoms with Crippen molar-refractivity contribution >= 4 is 5.78 Å². The molecule has 1 heterocycles. The number of nitrogens with one attached hydrogen (secondary N) is 1. The van der Waals surface area contributed by atoms with Gasteiger partial charge in [0.05, 0.1) is 0 Å². The Labute approximate surface area is 218 Å². The van der Waals surface area contributed by atoms with Gasteiger partial charge in [0, 0.05) is 36.4 Å². The molecule has 1 aliphatic rings. The van der Waals surface area contributed by atoms with Crippen LogP contribution in [0.1, 0.15) is 76.3 Å². The van der Waals surface area contributed by atoms with E-state index in [2.05, 4.69) is 54.1 Å². The maximum atomic E-state index is 12.8. The molecule has 1 aliphatic carbocycles. The summed E-state index contributed by atoms with van der Waals surface area (Å²) < 4.78 is 13.2. The van der Waals surface area contributed by atoms with E-state index in [0.29, 0.717) is 19.4 Å². The quantitative estimate of drug-likeness (QED) is 0.255. The van der Waals surface area contributed by atoms with E-state index < -0.39 is 0 Å². The molecular formula is C32H34N2O3. The molecule has 0 bridgehead atoms. The van der Waals surface area contributed by atoms with Gasteiger partial charge in [0.2, 0.25) is 0 Å². The normalized spacial score (nSPS) is 13.7. The van der Waals surface area contributed by atoms with E-state index in [1.165, 1.54) is 5.56 Å². The summed E-state index contributed by atoms with van der Waals surface area (Å²) in [6.45, 7) is 4.61. The number of carbonyl (C=O) groups excluding carboxylic acids is 1. The molecule has 37 heavy (non-hydrogen) atoms. The number of Topliss-reactive ketones (excluding diaryl/α,β-unsaturated/α-hetero) is 1. The molecule has 3 aromatic carbocycles.